The predicted octanol–water partition coefficient (Wildman–Crippen LogP) is 3.46. The Morgan fingerprint density at radius 1 is 0.969 bits per heavy atom. The zero-order chi connectivity index (χ0) is 22.9. The number of anilines is 2. The largest absolute Gasteiger partial charge is 0.492 e. The lowest BCUT2D eigenvalue weighted by Crippen LogP contribution is -2.24. The van der Waals surface area contributed by atoms with Crippen LogP contribution in [0.25, 0.3) is 0 Å². The summed E-state index contributed by atoms with van der Waals surface area (Å²) < 4.78 is 16.5. The molecule has 1 aliphatic carbocycles. The minimum atomic E-state index is -0.337. The molecule has 0 atom stereocenters. The van der Waals surface area contributed by atoms with Crippen molar-refractivity contribution in [2.75, 3.05) is 23.8 Å². The van der Waals surface area contributed by atoms with E-state index in [1.165, 1.54) is 6.26 Å². The van der Waals surface area contributed by atoms with Crippen LogP contribution in [0.5, 0.6) is 11.5 Å². The number of amides is 3. The second kappa shape index (κ2) is 11.2. The summed E-state index contributed by atoms with van der Waals surface area (Å²) in [6, 6.07) is 6.78. The van der Waals surface area contributed by atoms with Gasteiger partial charge >= 0.3 is 0 Å². The molecule has 0 aliphatic heterocycles. The van der Waals surface area contributed by atoms with Gasteiger partial charge in [-0.15, -0.1) is 0 Å². The Labute approximate surface area is 186 Å². The van der Waals surface area contributed by atoms with E-state index >= 15 is 0 Å². The molecule has 0 saturated heterocycles. The molecule has 0 bridgehead atoms. The summed E-state index contributed by atoms with van der Waals surface area (Å²) >= 11 is 0. The van der Waals surface area contributed by atoms with Gasteiger partial charge in [-0.2, -0.15) is 0 Å². The zero-order valence-electron chi connectivity index (χ0n) is 18.4. The average Bonchev–Trinajstić information content (AvgIpc) is 3.50. The van der Waals surface area contributed by atoms with E-state index in [-0.39, 0.29) is 43.0 Å². The van der Waals surface area contributed by atoms with E-state index in [1.807, 2.05) is 13.8 Å². The highest BCUT2D eigenvalue weighted by Crippen LogP contribution is 2.38. The molecule has 1 heterocycles. The molecule has 1 aromatic heterocycles. The van der Waals surface area contributed by atoms with Crippen molar-refractivity contribution in [3.63, 3.8) is 0 Å². The highest BCUT2D eigenvalue weighted by atomic mass is 16.5. The Balaban J connectivity index is 1.62. The van der Waals surface area contributed by atoms with Crippen LogP contribution in [0.4, 0.5) is 11.4 Å². The number of nitrogens with one attached hydrogen (secondary N) is 3. The molecule has 0 radical (unpaired) electrons. The van der Waals surface area contributed by atoms with Crippen LogP contribution in [-0.2, 0) is 20.9 Å². The molecule has 32 heavy (non-hydrogen) atoms. The maximum atomic E-state index is 12.5. The van der Waals surface area contributed by atoms with Crippen LogP contribution in [0.3, 0.4) is 0 Å². The van der Waals surface area contributed by atoms with Crippen LogP contribution in [-0.4, -0.2) is 30.9 Å². The normalized spacial score (nSPS) is 12.7. The lowest BCUT2D eigenvalue weighted by Gasteiger charge is -2.17. The minimum Gasteiger partial charge on any atom is -0.492 e. The van der Waals surface area contributed by atoms with E-state index in [0.29, 0.717) is 41.8 Å². The monoisotopic (exact) mass is 443 g/mol. The van der Waals surface area contributed by atoms with E-state index in [0.717, 1.165) is 12.8 Å². The van der Waals surface area contributed by atoms with Crippen molar-refractivity contribution in [2.45, 2.75) is 46.1 Å². The molecule has 1 aliphatic rings. The van der Waals surface area contributed by atoms with Crippen LogP contribution >= 0.6 is 0 Å². The molecular weight excluding hydrogens is 414 g/mol. The number of carbonyl (C=O) groups is 3. The molecule has 1 fully saturated rings. The van der Waals surface area contributed by atoms with Gasteiger partial charge in [0.05, 0.1) is 37.4 Å². The highest BCUT2D eigenvalue weighted by Gasteiger charge is 2.30. The van der Waals surface area contributed by atoms with Crippen LogP contribution < -0.4 is 25.4 Å². The second-order valence-corrected chi connectivity index (χ2v) is 7.38. The first-order valence-corrected chi connectivity index (χ1v) is 10.8. The molecule has 1 saturated carbocycles. The number of hydrogen-bond donors (Lipinski definition) is 3. The fraction of sp³-hybridized carbons (Fsp3) is 0.435. The minimum absolute atomic E-state index is 0.000309. The van der Waals surface area contributed by atoms with Gasteiger partial charge in [0.1, 0.15) is 17.3 Å². The fourth-order valence-electron chi connectivity index (χ4n) is 3.01. The number of carbonyl (C=O) groups excluding carboxylic acids is 3. The summed E-state index contributed by atoms with van der Waals surface area (Å²) in [5.41, 5.74) is 0.920. The Kier molecular flexibility index (Phi) is 8.13. The summed E-state index contributed by atoms with van der Waals surface area (Å²) in [5.74, 6) is 0.894. The van der Waals surface area contributed by atoms with Gasteiger partial charge in [-0.1, -0.05) is 0 Å². The molecule has 3 rings (SSSR count). The van der Waals surface area contributed by atoms with Crippen molar-refractivity contribution in [1.29, 1.82) is 0 Å². The average molecular weight is 444 g/mol. The third kappa shape index (κ3) is 6.76. The van der Waals surface area contributed by atoms with Crippen molar-refractivity contribution in [3.05, 3.63) is 36.3 Å². The van der Waals surface area contributed by atoms with Crippen LogP contribution in [0.1, 0.15) is 45.3 Å². The summed E-state index contributed by atoms with van der Waals surface area (Å²) in [5, 5.41) is 8.37. The van der Waals surface area contributed by atoms with Gasteiger partial charge in [-0.3, -0.25) is 14.4 Å². The summed E-state index contributed by atoms with van der Waals surface area (Å²) in [6.45, 7) is 4.70. The van der Waals surface area contributed by atoms with E-state index in [4.69, 9.17) is 13.9 Å². The quantitative estimate of drug-likeness (QED) is 0.462. The molecule has 2 aromatic rings. The summed E-state index contributed by atoms with van der Waals surface area (Å²) in [4.78, 5) is 36.7. The van der Waals surface area contributed by atoms with Gasteiger partial charge in [0.25, 0.3) is 0 Å². The topological polar surface area (TPSA) is 119 Å². The van der Waals surface area contributed by atoms with Crippen molar-refractivity contribution < 1.29 is 28.3 Å². The molecule has 172 valence electrons. The zero-order valence-corrected chi connectivity index (χ0v) is 18.4. The molecule has 1 aromatic carbocycles. The number of benzene rings is 1. The number of ether oxygens (including phenoxy) is 2. The maximum Gasteiger partial charge on any atom is 0.227 e. The predicted molar refractivity (Wildman–Crippen MR) is 119 cm³/mol. The smallest absolute Gasteiger partial charge is 0.227 e. The third-order valence-corrected chi connectivity index (χ3v) is 4.78. The third-order valence-electron chi connectivity index (χ3n) is 4.78. The lowest BCUT2D eigenvalue weighted by atomic mass is 10.2. The Morgan fingerprint density at radius 2 is 1.59 bits per heavy atom. The van der Waals surface area contributed by atoms with Crippen LogP contribution in [0, 0.1) is 5.92 Å². The van der Waals surface area contributed by atoms with E-state index < -0.39 is 0 Å². The van der Waals surface area contributed by atoms with Gasteiger partial charge in [-0.25, -0.2) is 0 Å². The van der Waals surface area contributed by atoms with Gasteiger partial charge in [0.15, 0.2) is 0 Å². The summed E-state index contributed by atoms with van der Waals surface area (Å²) in [6.07, 6.45) is 3.34. The van der Waals surface area contributed by atoms with Crippen LogP contribution in [0.15, 0.2) is 34.9 Å². The molecule has 0 spiro atoms. The summed E-state index contributed by atoms with van der Waals surface area (Å²) in [7, 11) is 0. The van der Waals surface area contributed by atoms with E-state index in [2.05, 4.69) is 16.0 Å². The van der Waals surface area contributed by atoms with E-state index in [9.17, 15) is 14.4 Å². The maximum absolute atomic E-state index is 12.5. The van der Waals surface area contributed by atoms with Crippen molar-refractivity contribution in [2.24, 2.45) is 5.92 Å². The Morgan fingerprint density at radius 3 is 2.16 bits per heavy atom. The number of furan rings is 1. The fourth-order valence-corrected chi connectivity index (χ4v) is 3.01. The van der Waals surface area contributed by atoms with Gasteiger partial charge in [0, 0.05) is 30.9 Å². The second-order valence-electron chi connectivity index (χ2n) is 7.38. The first-order chi connectivity index (χ1) is 15.5. The number of rotatable bonds is 12. The van der Waals surface area contributed by atoms with Gasteiger partial charge in [0.2, 0.25) is 17.7 Å². The lowest BCUT2D eigenvalue weighted by molar-refractivity contribution is -0.124. The first-order valence-electron chi connectivity index (χ1n) is 10.8. The number of hydrogen-bond acceptors (Lipinski definition) is 6. The van der Waals surface area contributed by atoms with Crippen molar-refractivity contribution in [1.82, 2.24) is 5.32 Å². The van der Waals surface area contributed by atoms with Crippen molar-refractivity contribution >= 4 is 29.1 Å². The Hall–Kier alpha value is -3.49. The molecular formula is C23H29N3O6. The van der Waals surface area contributed by atoms with Gasteiger partial charge < -0.3 is 29.8 Å². The Bertz CT molecular complexity index is 937. The molecule has 3 amide bonds. The molecule has 0 unspecified atom stereocenters. The van der Waals surface area contributed by atoms with Crippen LogP contribution in [0.2, 0.25) is 0 Å². The molecule has 9 nitrogen and oxygen atoms in total. The van der Waals surface area contributed by atoms with E-state index in [1.54, 1.807) is 24.3 Å². The first kappa shape index (κ1) is 23.2. The van der Waals surface area contributed by atoms with Crippen molar-refractivity contribution in [3.8, 4) is 11.5 Å². The highest BCUT2D eigenvalue weighted by molar-refractivity contribution is 5.98. The van der Waals surface area contributed by atoms with Gasteiger partial charge in [-0.05, 0) is 38.8 Å². The standard InChI is InChI=1S/C23H29N3O6/c1-3-30-19-13-18(26-23(29)15-7-8-15)20(31-4-2)12-17(19)25-22(28)10-9-21(27)24-14-16-6-5-11-32-16/h5-6,11-13,15H,3-4,7-10,14H2,1-2H3,(H,24,27)(H,25,28)(H,26,29). The molecule has 3 N–H and O–H groups in total. The molecule has 9 heteroatoms. The SMILES string of the molecule is CCOc1cc(NC(=O)C2CC2)c(OCC)cc1NC(=O)CCC(=O)NCc1ccco1.